The van der Waals surface area contributed by atoms with E-state index in [0.29, 0.717) is 0 Å². The molecule has 0 saturated heterocycles. The van der Waals surface area contributed by atoms with Gasteiger partial charge in [-0.05, 0) is 32.4 Å². The van der Waals surface area contributed by atoms with Crippen LogP contribution in [0.1, 0.15) is 50.0 Å². The number of benzene rings is 1. The summed E-state index contributed by atoms with van der Waals surface area (Å²) in [5.74, 6) is -6.67. The van der Waals surface area contributed by atoms with Crippen molar-refractivity contribution in [1.29, 1.82) is 0 Å². The van der Waals surface area contributed by atoms with Gasteiger partial charge in [-0.15, -0.1) is 0 Å². The minimum Gasteiger partial charge on any atom is -0.504 e. The molecular weight excluding hydrogens is 456 g/mol. The molecule has 1 aromatic rings. The predicted octanol–water partition coefficient (Wildman–Crippen LogP) is 3.07. The normalized spacial score (nSPS) is 28.5. The van der Waals surface area contributed by atoms with E-state index in [0.717, 1.165) is 6.42 Å². The van der Waals surface area contributed by atoms with Crippen molar-refractivity contribution in [2.75, 3.05) is 14.2 Å². The lowest BCUT2D eigenvalue weighted by atomic mass is 9.63. The topological polar surface area (TPSA) is 140 Å². The number of allylic oxidation sites excluding steroid dienone is 3. The summed E-state index contributed by atoms with van der Waals surface area (Å²) in [4.78, 5) is 40.4. The third-order valence-electron chi connectivity index (χ3n) is 6.55. The Kier molecular flexibility index (Phi) is 6.86. The fraction of sp³-hybridized carbons (Fsp3) is 0.423. The fourth-order valence-electron chi connectivity index (χ4n) is 4.72. The maximum Gasteiger partial charge on any atom is 0.295 e. The molecule has 35 heavy (non-hydrogen) atoms. The third-order valence-corrected chi connectivity index (χ3v) is 6.55. The quantitative estimate of drug-likeness (QED) is 0.301. The Balaban J connectivity index is 2.12. The molecule has 0 spiro atoms. The van der Waals surface area contributed by atoms with E-state index >= 15 is 0 Å². The van der Waals surface area contributed by atoms with Crippen LogP contribution in [-0.4, -0.2) is 52.5 Å². The van der Waals surface area contributed by atoms with Crippen LogP contribution in [0.2, 0.25) is 0 Å². The SMILES string of the molecule is CC/C=C/C=C/C1(C)OC(OC)=C(C(=O)C2C(C)C(=O)c3cc(OC)c(O)c(O)c3C2(C)O)C1=O. The van der Waals surface area contributed by atoms with Crippen molar-refractivity contribution in [3.8, 4) is 17.2 Å². The molecule has 0 radical (unpaired) electrons. The van der Waals surface area contributed by atoms with Crippen molar-refractivity contribution < 1.29 is 43.9 Å². The molecule has 4 unspecified atom stereocenters. The first-order valence-electron chi connectivity index (χ1n) is 11.2. The predicted molar refractivity (Wildman–Crippen MR) is 125 cm³/mol. The van der Waals surface area contributed by atoms with Crippen LogP contribution in [0.4, 0.5) is 0 Å². The number of methoxy groups -OCH3 is 2. The van der Waals surface area contributed by atoms with E-state index in [1.165, 1.54) is 47.1 Å². The lowest BCUT2D eigenvalue weighted by Crippen LogP contribution is -2.50. The van der Waals surface area contributed by atoms with Crippen LogP contribution < -0.4 is 4.74 Å². The summed E-state index contributed by atoms with van der Waals surface area (Å²) in [5, 5.41) is 32.4. The van der Waals surface area contributed by atoms with Gasteiger partial charge in [-0.3, -0.25) is 14.4 Å². The molecule has 1 aliphatic carbocycles. The average molecular weight is 487 g/mol. The summed E-state index contributed by atoms with van der Waals surface area (Å²) in [7, 11) is 2.48. The molecule has 188 valence electrons. The standard InChI is InChI=1S/C26H30O9/c1-7-8-9-10-11-25(3)23(31)16(24(34-6)35-25)21(29)17-13(2)19(27)14-12-15(33-5)20(28)22(30)18(14)26(17,4)32/h8-13,17,28,30,32H,7H2,1-6H3/b9-8+,11-10+. The van der Waals surface area contributed by atoms with Crippen LogP contribution in [0.3, 0.4) is 0 Å². The number of fused-ring (bicyclic) bond motifs is 1. The van der Waals surface area contributed by atoms with Crippen molar-refractivity contribution in [1.82, 2.24) is 0 Å². The molecule has 0 aromatic heterocycles. The highest BCUT2D eigenvalue weighted by atomic mass is 16.7. The number of aliphatic hydroxyl groups is 1. The highest BCUT2D eigenvalue weighted by Crippen LogP contribution is 2.53. The lowest BCUT2D eigenvalue weighted by molar-refractivity contribution is -0.134. The Morgan fingerprint density at radius 1 is 1.14 bits per heavy atom. The Morgan fingerprint density at radius 3 is 2.37 bits per heavy atom. The smallest absolute Gasteiger partial charge is 0.295 e. The van der Waals surface area contributed by atoms with E-state index in [9.17, 15) is 29.7 Å². The van der Waals surface area contributed by atoms with Crippen molar-refractivity contribution in [3.05, 3.63) is 53.0 Å². The van der Waals surface area contributed by atoms with Crippen molar-refractivity contribution in [2.45, 2.75) is 45.3 Å². The first-order valence-corrected chi connectivity index (χ1v) is 11.2. The van der Waals surface area contributed by atoms with Crippen LogP contribution >= 0.6 is 0 Å². The van der Waals surface area contributed by atoms with Gasteiger partial charge in [-0.1, -0.05) is 32.1 Å². The van der Waals surface area contributed by atoms with Gasteiger partial charge in [-0.2, -0.15) is 0 Å². The maximum absolute atomic E-state index is 13.8. The van der Waals surface area contributed by atoms with Gasteiger partial charge in [0.25, 0.3) is 5.95 Å². The number of ketones is 3. The molecule has 2 aliphatic rings. The first-order chi connectivity index (χ1) is 16.4. The molecule has 0 amide bonds. The van der Waals surface area contributed by atoms with E-state index in [1.807, 2.05) is 13.0 Å². The zero-order chi connectivity index (χ0) is 26.3. The summed E-state index contributed by atoms with van der Waals surface area (Å²) in [5.41, 5.74) is -4.52. The van der Waals surface area contributed by atoms with Crippen LogP contribution in [-0.2, 0) is 24.7 Å². The van der Waals surface area contributed by atoms with Crippen LogP contribution in [0.25, 0.3) is 0 Å². The van der Waals surface area contributed by atoms with Crippen molar-refractivity contribution in [2.24, 2.45) is 11.8 Å². The highest BCUT2D eigenvalue weighted by Gasteiger charge is 2.57. The van der Waals surface area contributed by atoms with Gasteiger partial charge in [0, 0.05) is 17.0 Å². The number of hydrogen-bond donors (Lipinski definition) is 3. The molecule has 0 saturated carbocycles. The third kappa shape index (κ3) is 3.99. The maximum atomic E-state index is 13.8. The Bertz CT molecular complexity index is 1170. The van der Waals surface area contributed by atoms with Gasteiger partial charge >= 0.3 is 0 Å². The second-order valence-corrected chi connectivity index (χ2v) is 8.94. The molecule has 3 N–H and O–H groups in total. The molecule has 4 atom stereocenters. The van der Waals surface area contributed by atoms with Gasteiger partial charge in [0.15, 0.2) is 28.7 Å². The minimum atomic E-state index is -2.14. The Hall–Kier alpha value is -3.59. The molecule has 3 rings (SSSR count). The zero-order valence-electron chi connectivity index (χ0n) is 20.5. The number of ether oxygens (including phenoxy) is 3. The molecule has 9 nitrogen and oxygen atoms in total. The largest absolute Gasteiger partial charge is 0.504 e. The lowest BCUT2D eigenvalue weighted by Gasteiger charge is -2.41. The monoisotopic (exact) mass is 486 g/mol. The average Bonchev–Trinajstić information content (AvgIpc) is 3.06. The Morgan fingerprint density at radius 2 is 1.80 bits per heavy atom. The van der Waals surface area contributed by atoms with Gasteiger partial charge < -0.3 is 29.5 Å². The highest BCUT2D eigenvalue weighted by molar-refractivity contribution is 6.26. The number of aromatic hydroxyl groups is 2. The molecule has 0 fully saturated rings. The number of Topliss-reactive ketones (excluding diaryl/α,β-unsaturated/α-hetero) is 3. The van der Waals surface area contributed by atoms with Crippen molar-refractivity contribution >= 4 is 17.3 Å². The second kappa shape index (κ2) is 9.22. The fourth-order valence-corrected chi connectivity index (χ4v) is 4.72. The first kappa shape index (κ1) is 26.0. The molecule has 9 heteroatoms. The Labute approximate surface area is 203 Å². The number of phenolic OH excluding ortho intramolecular Hbond substituents is 2. The van der Waals surface area contributed by atoms with Gasteiger partial charge in [-0.25, -0.2) is 0 Å². The van der Waals surface area contributed by atoms with E-state index in [-0.39, 0.29) is 22.8 Å². The van der Waals surface area contributed by atoms with Gasteiger partial charge in [0.1, 0.15) is 11.2 Å². The van der Waals surface area contributed by atoms with Crippen LogP contribution in [0, 0.1) is 11.8 Å². The molecule has 1 aliphatic heterocycles. The second-order valence-electron chi connectivity index (χ2n) is 8.94. The number of carbonyl (C=O) groups is 3. The summed E-state index contributed by atoms with van der Waals surface area (Å²) in [6.45, 7) is 6.12. The van der Waals surface area contributed by atoms with E-state index in [1.54, 1.807) is 12.2 Å². The molecule has 1 heterocycles. The minimum absolute atomic E-state index is 0.0934. The summed E-state index contributed by atoms with van der Waals surface area (Å²) in [6, 6.07) is 1.20. The number of carbonyl (C=O) groups excluding carboxylic acids is 3. The van der Waals surface area contributed by atoms with Gasteiger partial charge in [0.2, 0.25) is 11.5 Å². The number of hydrogen-bond acceptors (Lipinski definition) is 9. The van der Waals surface area contributed by atoms with E-state index < -0.39 is 57.5 Å². The van der Waals surface area contributed by atoms with E-state index in [4.69, 9.17) is 14.2 Å². The number of phenols is 2. The van der Waals surface area contributed by atoms with Crippen LogP contribution in [0.5, 0.6) is 17.2 Å². The summed E-state index contributed by atoms with van der Waals surface area (Å²) in [6.07, 6.45) is 7.51. The van der Waals surface area contributed by atoms with Crippen LogP contribution in [0.15, 0.2) is 41.9 Å². The number of rotatable bonds is 7. The zero-order valence-corrected chi connectivity index (χ0v) is 20.5. The van der Waals surface area contributed by atoms with Crippen molar-refractivity contribution in [3.63, 3.8) is 0 Å². The van der Waals surface area contributed by atoms with Gasteiger partial charge in [0.05, 0.1) is 20.1 Å². The summed E-state index contributed by atoms with van der Waals surface area (Å²) < 4.78 is 15.9. The molecule has 1 aromatic carbocycles. The summed E-state index contributed by atoms with van der Waals surface area (Å²) >= 11 is 0. The molecule has 0 bridgehead atoms. The molecular formula is C26H30O9. The van der Waals surface area contributed by atoms with E-state index in [2.05, 4.69) is 0 Å².